The summed E-state index contributed by atoms with van der Waals surface area (Å²) in [6, 6.07) is 0. The van der Waals surface area contributed by atoms with Crippen LogP contribution < -0.4 is 0 Å². The Bertz CT molecular complexity index is 322. The summed E-state index contributed by atoms with van der Waals surface area (Å²) >= 11 is 0. The largest absolute Gasteiger partial charge is 0.0845 e. The van der Waals surface area contributed by atoms with Gasteiger partial charge in [0, 0.05) is 0 Å². The maximum atomic E-state index is 2.36. The summed E-state index contributed by atoms with van der Waals surface area (Å²) in [6.45, 7) is 0. The maximum Gasteiger partial charge on any atom is -0.0313 e. The molecule has 0 nitrogen and oxygen atoms in total. The van der Waals surface area contributed by atoms with Gasteiger partial charge in [-0.3, -0.25) is 0 Å². The van der Waals surface area contributed by atoms with Crippen molar-refractivity contribution in [2.45, 2.75) is 64.2 Å². The molecule has 0 heterocycles. The normalized spacial score (nSPS) is 31.3. The molecule has 0 heteroatoms. The van der Waals surface area contributed by atoms with Crippen molar-refractivity contribution >= 4 is 0 Å². The van der Waals surface area contributed by atoms with Crippen LogP contribution in [0.1, 0.15) is 64.2 Å². The fourth-order valence-electron chi connectivity index (χ4n) is 3.56. The molecule has 0 spiro atoms. The minimum Gasteiger partial charge on any atom is -0.0845 e. The summed E-state index contributed by atoms with van der Waals surface area (Å²) in [7, 11) is 0. The van der Waals surface area contributed by atoms with Gasteiger partial charge >= 0.3 is 0 Å². The van der Waals surface area contributed by atoms with Gasteiger partial charge in [0.15, 0.2) is 0 Å². The van der Waals surface area contributed by atoms with E-state index in [2.05, 4.69) is 48.6 Å². The van der Waals surface area contributed by atoms with E-state index in [1.807, 2.05) is 0 Å². The number of hydrogen-bond donors (Lipinski definition) is 0. The standard InChI is InChI=1S/C20H30/c1-2-4-6-8-10-12-16-19(20-17-13-14-18-20)15-11-9-7-5-3-1/h3-10,19-20H,1-2,11-18H2/b5-3+,6-4?,9-7+,10-8+. The van der Waals surface area contributed by atoms with Crippen LogP contribution in [0.25, 0.3) is 0 Å². The Kier molecular flexibility index (Phi) is 7.52. The Balaban J connectivity index is 1.90. The van der Waals surface area contributed by atoms with Crippen LogP contribution in [-0.2, 0) is 0 Å². The van der Waals surface area contributed by atoms with Crippen LogP contribution in [0, 0.1) is 11.8 Å². The van der Waals surface area contributed by atoms with E-state index in [0.29, 0.717) is 0 Å². The minimum atomic E-state index is 0.949. The van der Waals surface area contributed by atoms with E-state index in [0.717, 1.165) is 24.7 Å². The molecule has 0 radical (unpaired) electrons. The molecule has 1 saturated carbocycles. The van der Waals surface area contributed by atoms with Crippen LogP contribution in [0.15, 0.2) is 48.6 Å². The van der Waals surface area contributed by atoms with Crippen molar-refractivity contribution < 1.29 is 0 Å². The Morgan fingerprint density at radius 1 is 0.450 bits per heavy atom. The Morgan fingerprint density at radius 3 is 1.35 bits per heavy atom. The van der Waals surface area contributed by atoms with Crippen molar-refractivity contribution in [3.63, 3.8) is 0 Å². The lowest BCUT2D eigenvalue weighted by molar-refractivity contribution is 0.303. The number of hydrogen-bond acceptors (Lipinski definition) is 0. The van der Waals surface area contributed by atoms with Crippen molar-refractivity contribution in [1.82, 2.24) is 0 Å². The highest BCUT2D eigenvalue weighted by molar-refractivity contribution is 5.06. The van der Waals surface area contributed by atoms with Crippen LogP contribution in [0.5, 0.6) is 0 Å². The van der Waals surface area contributed by atoms with Crippen molar-refractivity contribution in [1.29, 1.82) is 0 Å². The molecule has 0 bridgehead atoms. The quantitative estimate of drug-likeness (QED) is 0.519. The Labute approximate surface area is 125 Å². The van der Waals surface area contributed by atoms with E-state index in [-0.39, 0.29) is 0 Å². The smallest absolute Gasteiger partial charge is 0.0313 e. The molecule has 0 aromatic rings. The number of allylic oxidation sites excluding steroid dienone is 8. The maximum absolute atomic E-state index is 2.36. The second kappa shape index (κ2) is 9.80. The zero-order valence-corrected chi connectivity index (χ0v) is 12.8. The molecule has 1 fully saturated rings. The fraction of sp³-hybridized carbons (Fsp3) is 0.600. The topological polar surface area (TPSA) is 0 Å². The third-order valence-electron chi connectivity index (χ3n) is 4.74. The molecule has 2 aliphatic rings. The molecule has 0 saturated heterocycles. The van der Waals surface area contributed by atoms with Crippen LogP contribution in [0.4, 0.5) is 0 Å². The molecule has 20 heavy (non-hydrogen) atoms. The van der Waals surface area contributed by atoms with Crippen LogP contribution >= 0.6 is 0 Å². The van der Waals surface area contributed by atoms with E-state index in [1.54, 1.807) is 0 Å². The van der Waals surface area contributed by atoms with Crippen molar-refractivity contribution in [3.8, 4) is 0 Å². The van der Waals surface area contributed by atoms with Gasteiger partial charge < -0.3 is 0 Å². The summed E-state index contributed by atoms with van der Waals surface area (Å²) in [5.41, 5.74) is 0. The Morgan fingerprint density at radius 2 is 0.850 bits per heavy atom. The third-order valence-corrected chi connectivity index (χ3v) is 4.74. The van der Waals surface area contributed by atoms with E-state index in [4.69, 9.17) is 0 Å². The van der Waals surface area contributed by atoms with Crippen molar-refractivity contribution in [3.05, 3.63) is 48.6 Å². The highest BCUT2D eigenvalue weighted by Crippen LogP contribution is 2.36. The predicted octanol–water partition coefficient (Wildman–Crippen LogP) is 6.37. The molecule has 2 rings (SSSR count). The summed E-state index contributed by atoms with van der Waals surface area (Å²) in [5, 5.41) is 0. The molecule has 0 amide bonds. The molecule has 0 aromatic heterocycles. The first-order valence-electron chi connectivity index (χ1n) is 8.60. The van der Waals surface area contributed by atoms with Crippen LogP contribution in [0.3, 0.4) is 0 Å². The average Bonchev–Trinajstić information content (AvgIpc) is 2.98. The summed E-state index contributed by atoms with van der Waals surface area (Å²) < 4.78 is 0. The first kappa shape index (κ1) is 15.4. The Hall–Kier alpha value is -1.04. The molecular weight excluding hydrogens is 240 g/mol. The zero-order chi connectivity index (χ0) is 13.9. The second-order valence-corrected chi connectivity index (χ2v) is 6.25. The molecule has 1 atom stereocenters. The van der Waals surface area contributed by atoms with Gasteiger partial charge in [0.1, 0.15) is 0 Å². The van der Waals surface area contributed by atoms with Crippen molar-refractivity contribution in [2.24, 2.45) is 11.8 Å². The van der Waals surface area contributed by atoms with Gasteiger partial charge in [-0.2, -0.15) is 0 Å². The molecule has 2 aliphatic carbocycles. The lowest BCUT2D eigenvalue weighted by atomic mass is 9.83. The van der Waals surface area contributed by atoms with E-state index >= 15 is 0 Å². The van der Waals surface area contributed by atoms with E-state index < -0.39 is 0 Å². The van der Waals surface area contributed by atoms with Crippen molar-refractivity contribution in [2.75, 3.05) is 0 Å². The number of rotatable bonds is 1. The first-order chi connectivity index (χ1) is 9.97. The second-order valence-electron chi connectivity index (χ2n) is 6.25. The summed E-state index contributed by atoms with van der Waals surface area (Å²) in [4.78, 5) is 0. The average molecular weight is 270 g/mol. The molecule has 1 unspecified atom stereocenters. The minimum absolute atomic E-state index is 0.949. The molecular formula is C20H30. The van der Waals surface area contributed by atoms with Gasteiger partial charge in [-0.25, -0.2) is 0 Å². The fourth-order valence-corrected chi connectivity index (χ4v) is 3.56. The molecule has 0 aromatic carbocycles. The molecule has 110 valence electrons. The highest BCUT2D eigenvalue weighted by Gasteiger charge is 2.23. The van der Waals surface area contributed by atoms with E-state index in [9.17, 15) is 0 Å². The summed E-state index contributed by atoms with van der Waals surface area (Å²) in [5.74, 6) is 1.96. The monoisotopic (exact) mass is 270 g/mol. The van der Waals surface area contributed by atoms with Gasteiger partial charge in [0.2, 0.25) is 0 Å². The van der Waals surface area contributed by atoms with Gasteiger partial charge in [0.25, 0.3) is 0 Å². The lowest BCUT2D eigenvalue weighted by Crippen LogP contribution is -2.11. The molecule has 0 N–H and O–H groups in total. The van der Waals surface area contributed by atoms with Gasteiger partial charge in [-0.1, -0.05) is 74.3 Å². The SMILES string of the molecule is C1=CCC/C=C/C=C/CCC(C2CCCC2)CC/C=C/1. The lowest BCUT2D eigenvalue weighted by Gasteiger charge is -2.22. The van der Waals surface area contributed by atoms with Gasteiger partial charge in [0.05, 0.1) is 0 Å². The molecule has 0 aliphatic heterocycles. The summed E-state index contributed by atoms with van der Waals surface area (Å²) in [6.07, 6.45) is 31.7. The predicted molar refractivity (Wildman–Crippen MR) is 89.7 cm³/mol. The van der Waals surface area contributed by atoms with Crippen LogP contribution in [0.2, 0.25) is 0 Å². The first-order valence-corrected chi connectivity index (χ1v) is 8.60. The van der Waals surface area contributed by atoms with Gasteiger partial charge in [-0.05, 0) is 50.4 Å². The van der Waals surface area contributed by atoms with E-state index in [1.165, 1.54) is 51.4 Å². The van der Waals surface area contributed by atoms with Gasteiger partial charge in [-0.15, -0.1) is 0 Å². The van der Waals surface area contributed by atoms with Crippen LogP contribution in [-0.4, -0.2) is 0 Å². The highest BCUT2D eigenvalue weighted by atomic mass is 14.3. The zero-order valence-electron chi connectivity index (χ0n) is 12.8. The third kappa shape index (κ3) is 5.94.